The minimum absolute atomic E-state index is 0.503. The highest BCUT2D eigenvalue weighted by atomic mass is 15.3. The lowest BCUT2D eigenvalue weighted by atomic mass is 10.2. The highest BCUT2D eigenvalue weighted by molar-refractivity contribution is 5.48. The van der Waals surface area contributed by atoms with E-state index in [9.17, 15) is 0 Å². The third kappa shape index (κ3) is 2.58. The maximum absolute atomic E-state index is 5.51. The Morgan fingerprint density at radius 2 is 1.90 bits per heavy atom. The van der Waals surface area contributed by atoms with Crippen LogP contribution in [0.4, 0.5) is 11.6 Å². The SMILES string of the molecule is NNc1cc(NC2CCN(C3CC3)C2)nc(C2CC2)n1. The lowest BCUT2D eigenvalue weighted by Gasteiger charge is -2.17. The van der Waals surface area contributed by atoms with Gasteiger partial charge < -0.3 is 10.7 Å². The maximum Gasteiger partial charge on any atom is 0.145 e. The molecular weight excluding hydrogens is 252 g/mol. The molecule has 2 heterocycles. The van der Waals surface area contributed by atoms with Gasteiger partial charge in [0, 0.05) is 37.2 Å². The lowest BCUT2D eigenvalue weighted by Crippen LogP contribution is -2.28. The van der Waals surface area contributed by atoms with Gasteiger partial charge in [-0.1, -0.05) is 0 Å². The summed E-state index contributed by atoms with van der Waals surface area (Å²) in [7, 11) is 0. The first-order valence-corrected chi connectivity index (χ1v) is 7.68. The van der Waals surface area contributed by atoms with E-state index in [2.05, 4.69) is 25.6 Å². The Morgan fingerprint density at radius 3 is 2.60 bits per heavy atom. The highest BCUT2D eigenvalue weighted by Gasteiger charge is 2.34. The molecule has 0 aromatic carbocycles. The molecule has 0 radical (unpaired) electrons. The molecule has 1 aromatic rings. The van der Waals surface area contributed by atoms with Crippen LogP contribution in [-0.4, -0.2) is 40.0 Å². The molecular formula is C14H22N6. The number of nitrogen functional groups attached to an aromatic ring is 1. The summed E-state index contributed by atoms with van der Waals surface area (Å²) in [6, 6.07) is 3.27. The number of rotatable bonds is 5. The Balaban J connectivity index is 1.45. The third-order valence-corrected chi connectivity index (χ3v) is 4.47. The van der Waals surface area contributed by atoms with Gasteiger partial charge in [-0.2, -0.15) is 0 Å². The second-order valence-electron chi connectivity index (χ2n) is 6.27. The zero-order valence-corrected chi connectivity index (χ0v) is 11.7. The minimum atomic E-state index is 0.503. The average molecular weight is 274 g/mol. The van der Waals surface area contributed by atoms with Gasteiger partial charge in [-0.25, -0.2) is 15.8 Å². The van der Waals surface area contributed by atoms with Gasteiger partial charge in [0.1, 0.15) is 17.5 Å². The molecule has 0 bridgehead atoms. The van der Waals surface area contributed by atoms with E-state index in [1.165, 1.54) is 38.6 Å². The Hall–Kier alpha value is -1.40. The minimum Gasteiger partial charge on any atom is -0.366 e. The van der Waals surface area contributed by atoms with Gasteiger partial charge in [0.15, 0.2) is 0 Å². The fraction of sp³-hybridized carbons (Fsp3) is 0.714. The van der Waals surface area contributed by atoms with Crippen molar-refractivity contribution in [3.63, 3.8) is 0 Å². The van der Waals surface area contributed by atoms with Gasteiger partial charge in [0.25, 0.3) is 0 Å². The number of anilines is 2. The standard InChI is InChI=1S/C14H22N6/c15-19-13-7-12(17-14(18-13)9-1-2-9)16-10-5-6-20(8-10)11-3-4-11/h7,9-11H,1-6,8,15H2,(H2,16,17,18,19). The van der Waals surface area contributed by atoms with Crippen LogP contribution in [0.1, 0.15) is 43.8 Å². The van der Waals surface area contributed by atoms with Gasteiger partial charge in [-0.05, 0) is 32.1 Å². The summed E-state index contributed by atoms with van der Waals surface area (Å²) in [6.07, 6.45) is 6.37. The average Bonchev–Trinajstić information content (AvgIpc) is 3.37. The molecule has 6 heteroatoms. The normalized spacial score (nSPS) is 26.8. The number of nitrogens with zero attached hydrogens (tertiary/aromatic N) is 3. The summed E-state index contributed by atoms with van der Waals surface area (Å²) in [6.45, 7) is 2.35. The molecule has 3 fully saturated rings. The molecule has 1 atom stereocenters. The number of hydrazine groups is 1. The van der Waals surface area contributed by atoms with Crippen LogP contribution in [0.25, 0.3) is 0 Å². The van der Waals surface area contributed by atoms with E-state index in [4.69, 9.17) is 5.84 Å². The van der Waals surface area contributed by atoms with Crippen molar-refractivity contribution in [2.75, 3.05) is 23.8 Å². The van der Waals surface area contributed by atoms with E-state index in [1.54, 1.807) is 0 Å². The van der Waals surface area contributed by atoms with Gasteiger partial charge in [-0.15, -0.1) is 0 Å². The summed E-state index contributed by atoms with van der Waals surface area (Å²) < 4.78 is 0. The van der Waals surface area contributed by atoms with Gasteiger partial charge in [0.2, 0.25) is 0 Å². The van der Waals surface area contributed by atoms with Crippen molar-refractivity contribution in [2.45, 2.75) is 50.1 Å². The molecule has 6 nitrogen and oxygen atoms in total. The second kappa shape index (κ2) is 4.86. The largest absolute Gasteiger partial charge is 0.366 e. The molecule has 20 heavy (non-hydrogen) atoms. The van der Waals surface area contributed by atoms with Crippen molar-refractivity contribution in [1.29, 1.82) is 0 Å². The summed E-state index contributed by atoms with van der Waals surface area (Å²) >= 11 is 0. The molecule has 0 amide bonds. The Morgan fingerprint density at radius 1 is 1.10 bits per heavy atom. The van der Waals surface area contributed by atoms with Crippen molar-refractivity contribution in [3.05, 3.63) is 11.9 Å². The topological polar surface area (TPSA) is 79.1 Å². The summed E-state index contributed by atoms with van der Waals surface area (Å²) in [5.41, 5.74) is 2.65. The highest BCUT2D eigenvalue weighted by Crippen LogP contribution is 2.39. The zero-order valence-electron chi connectivity index (χ0n) is 11.7. The van der Waals surface area contributed by atoms with Crippen molar-refractivity contribution < 1.29 is 0 Å². The second-order valence-corrected chi connectivity index (χ2v) is 6.27. The Bertz CT molecular complexity index is 496. The van der Waals surface area contributed by atoms with E-state index in [-0.39, 0.29) is 0 Å². The van der Waals surface area contributed by atoms with Crippen LogP contribution in [0.2, 0.25) is 0 Å². The van der Waals surface area contributed by atoms with E-state index < -0.39 is 0 Å². The van der Waals surface area contributed by atoms with Crippen molar-refractivity contribution >= 4 is 11.6 Å². The van der Waals surface area contributed by atoms with Crippen LogP contribution in [0.15, 0.2) is 6.07 Å². The number of likely N-dealkylation sites (tertiary alicyclic amines) is 1. The molecule has 1 aliphatic heterocycles. The van der Waals surface area contributed by atoms with E-state index in [0.29, 0.717) is 17.8 Å². The number of aromatic nitrogens is 2. The zero-order chi connectivity index (χ0) is 13.5. The third-order valence-electron chi connectivity index (χ3n) is 4.47. The quantitative estimate of drug-likeness (QED) is 0.554. The summed E-state index contributed by atoms with van der Waals surface area (Å²) in [4.78, 5) is 11.7. The van der Waals surface area contributed by atoms with Crippen LogP contribution in [-0.2, 0) is 0 Å². The molecule has 108 valence electrons. The van der Waals surface area contributed by atoms with E-state index in [0.717, 1.165) is 24.2 Å². The molecule has 4 rings (SSSR count). The molecule has 1 aromatic heterocycles. The first-order chi connectivity index (χ1) is 9.81. The van der Waals surface area contributed by atoms with Crippen LogP contribution in [0, 0.1) is 0 Å². The predicted molar refractivity (Wildman–Crippen MR) is 78.4 cm³/mol. The number of hydrogen-bond donors (Lipinski definition) is 3. The number of hydrogen-bond acceptors (Lipinski definition) is 6. The van der Waals surface area contributed by atoms with Crippen LogP contribution in [0.5, 0.6) is 0 Å². The maximum atomic E-state index is 5.51. The molecule has 2 saturated carbocycles. The van der Waals surface area contributed by atoms with Crippen molar-refractivity contribution in [1.82, 2.24) is 14.9 Å². The summed E-state index contributed by atoms with van der Waals surface area (Å²) in [5, 5.41) is 3.56. The van der Waals surface area contributed by atoms with Gasteiger partial charge in [0.05, 0.1) is 0 Å². The first kappa shape index (κ1) is 12.3. The number of nitrogens with two attached hydrogens (primary N) is 1. The molecule has 4 N–H and O–H groups in total. The fourth-order valence-electron chi connectivity index (χ4n) is 3.02. The monoisotopic (exact) mass is 274 g/mol. The first-order valence-electron chi connectivity index (χ1n) is 7.68. The van der Waals surface area contributed by atoms with E-state index >= 15 is 0 Å². The predicted octanol–water partition coefficient (Wildman–Crippen LogP) is 1.29. The summed E-state index contributed by atoms with van der Waals surface area (Å²) in [5.74, 6) is 8.60. The lowest BCUT2D eigenvalue weighted by molar-refractivity contribution is 0.326. The van der Waals surface area contributed by atoms with Gasteiger partial charge in [-0.3, -0.25) is 4.90 Å². The Labute approximate surface area is 119 Å². The fourth-order valence-corrected chi connectivity index (χ4v) is 3.02. The molecule has 1 saturated heterocycles. The van der Waals surface area contributed by atoms with Crippen LogP contribution in [0.3, 0.4) is 0 Å². The Kier molecular flexibility index (Phi) is 3.00. The van der Waals surface area contributed by atoms with E-state index in [1.807, 2.05) is 6.07 Å². The smallest absolute Gasteiger partial charge is 0.145 e. The van der Waals surface area contributed by atoms with Crippen molar-refractivity contribution in [2.24, 2.45) is 5.84 Å². The van der Waals surface area contributed by atoms with Crippen molar-refractivity contribution in [3.8, 4) is 0 Å². The van der Waals surface area contributed by atoms with Crippen LogP contribution >= 0.6 is 0 Å². The molecule has 1 unspecified atom stereocenters. The molecule has 2 aliphatic carbocycles. The van der Waals surface area contributed by atoms with Crippen LogP contribution < -0.4 is 16.6 Å². The molecule has 0 spiro atoms. The molecule has 3 aliphatic rings. The van der Waals surface area contributed by atoms with Gasteiger partial charge >= 0.3 is 0 Å². The number of nitrogens with one attached hydrogen (secondary N) is 2.